The summed E-state index contributed by atoms with van der Waals surface area (Å²) in [6.07, 6.45) is 0. The van der Waals surface area contributed by atoms with E-state index in [1.54, 1.807) is 0 Å². The molecule has 0 spiro atoms. The average Bonchev–Trinajstić information content (AvgIpc) is 2.10. The molecule has 0 bridgehead atoms. The maximum Gasteiger partial charge on any atom is 0.302 e. The van der Waals surface area contributed by atoms with E-state index in [9.17, 15) is 10.1 Å². The van der Waals surface area contributed by atoms with Gasteiger partial charge in [-0.2, -0.15) is 0 Å². The first-order valence-corrected chi connectivity index (χ1v) is 3.88. The summed E-state index contributed by atoms with van der Waals surface area (Å²) < 4.78 is 0.968. The summed E-state index contributed by atoms with van der Waals surface area (Å²) in [4.78, 5) is 12.4. The lowest BCUT2D eigenvalue weighted by Crippen LogP contribution is -1.84. The first kappa shape index (κ1) is 7.74. The van der Waals surface area contributed by atoms with Crippen molar-refractivity contribution >= 4 is 37.5 Å². The molecule has 0 radical (unpaired) electrons. The maximum atomic E-state index is 10.2. The smallest absolute Gasteiger partial charge is 0.302 e. The third kappa shape index (κ3) is 1.38. The van der Waals surface area contributed by atoms with E-state index < -0.39 is 4.92 Å². The van der Waals surface area contributed by atoms with Crippen molar-refractivity contribution in [3.05, 3.63) is 25.4 Å². The number of H-pyrrole nitrogens is 1. The van der Waals surface area contributed by atoms with Crippen LogP contribution < -0.4 is 0 Å². The number of halogens is 2. The van der Waals surface area contributed by atoms with E-state index in [4.69, 9.17) is 0 Å². The van der Waals surface area contributed by atoms with Gasteiger partial charge in [0.1, 0.15) is 0 Å². The predicted molar refractivity (Wildman–Crippen MR) is 42.8 cm³/mol. The Morgan fingerprint density at radius 2 is 2.20 bits per heavy atom. The second-order valence-electron chi connectivity index (χ2n) is 1.57. The molecule has 54 valence electrons. The zero-order chi connectivity index (χ0) is 7.72. The molecule has 1 aromatic heterocycles. The number of aromatic nitrogens is 1. The zero-order valence-electron chi connectivity index (χ0n) is 4.60. The van der Waals surface area contributed by atoms with E-state index in [-0.39, 0.29) is 5.69 Å². The summed E-state index contributed by atoms with van der Waals surface area (Å²) in [5.74, 6) is 0. The number of nitro groups is 1. The van der Waals surface area contributed by atoms with Crippen LogP contribution in [-0.4, -0.2) is 9.91 Å². The van der Waals surface area contributed by atoms with Crippen LogP contribution in [0, 0.1) is 10.1 Å². The van der Waals surface area contributed by atoms with Gasteiger partial charge < -0.3 is 4.98 Å². The summed E-state index contributed by atoms with van der Waals surface area (Å²) >= 11 is 6.05. The Morgan fingerprint density at radius 3 is 2.40 bits per heavy atom. The van der Waals surface area contributed by atoms with Gasteiger partial charge in [0, 0.05) is 6.07 Å². The summed E-state index contributed by atoms with van der Waals surface area (Å²) in [5, 5.41) is 10.2. The maximum absolute atomic E-state index is 10.2. The van der Waals surface area contributed by atoms with Crippen molar-refractivity contribution in [2.45, 2.75) is 0 Å². The molecule has 0 saturated carbocycles. The van der Waals surface area contributed by atoms with E-state index in [0.29, 0.717) is 9.21 Å². The molecular formula is C4H2Br2N2O2. The second-order valence-corrected chi connectivity index (χ2v) is 3.22. The van der Waals surface area contributed by atoms with Crippen LogP contribution in [0.25, 0.3) is 0 Å². The van der Waals surface area contributed by atoms with E-state index in [0.717, 1.165) is 0 Å². The lowest BCUT2D eigenvalue weighted by Gasteiger charge is -1.82. The topological polar surface area (TPSA) is 58.9 Å². The minimum absolute atomic E-state index is 0.0341. The Labute approximate surface area is 73.0 Å². The molecule has 0 fully saturated rings. The van der Waals surface area contributed by atoms with Crippen LogP contribution in [-0.2, 0) is 0 Å². The number of nitrogens with zero attached hydrogens (tertiary/aromatic N) is 1. The fraction of sp³-hybridized carbons (Fsp3) is 0. The number of hydrogen-bond donors (Lipinski definition) is 1. The van der Waals surface area contributed by atoms with Gasteiger partial charge in [-0.25, -0.2) is 0 Å². The van der Waals surface area contributed by atoms with Crippen molar-refractivity contribution in [2.75, 3.05) is 0 Å². The number of aromatic amines is 1. The molecule has 0 aliphatic heterocycles. The molecular weight excluding hydrogens is 268 g/mol. The van der Waals surface area contributed by atoms with Crippen molar-refractivity contribution in [2.24, 2.45) is 0 Å². The molecule has 0 saturated heterocycles. The summed E-state index contributed by atoms with van der Waals surface area (Å²) in [5.41, 5.74) is 0.0341. The van der Waals surface area contributed by atoms with Crippen LogP contribution >= 0.6 is 31.9 Å². The molecule has 10 heavy (non-hydrogen) atoms. The molecule has 1 N–H and O–H groups in total. The largest absolute Gasteiger partial charge is 0.338 e. The van der Waals surface area contributed by atoms with Crippen LogP contribution in [0.15, 0.2) is 15.3 Å². The standard InChI is InChI=1S/C4H2Br2N2O2/c5-3-1-2(8(9)10)4(6)7-3/h1,7H. The van der Waals surface area contributed by atoms with Gasteiger partial charge in [0.15, 0.2) is 4.60 Å². The Hall–Kier alpha value is -0.360. The molecule has 0 aliphatic rings. The second kappa shape index (κ2) is 2.71. The molecule has 0 unspecified atom stereocenters. The minimum Gasteiger partial charge on any atom is -0.338 e. The third-order valence-corrected chi connectivity index (χ3v) is 1.95. The zero-order valence-corrected chi connectivity index (χ0v) is 7.77. The first-order valence-electron chi connectivity index (χ1n) is 2.29. The minimum atomic E-state index is -0.467. The molecule has 0 aliphatic carbocycles. The third-order valence-electron chi connectivity index (χ3n) is 0.914. The van der Waals surface area contributed by atoms with Crippen molar-refractivity contribution < 1.29 is 4.92 Å². The summed E-state index contributed by atoms with van der Waals surface area (Å²) in [6.45, 7) is 0. The molecule has 0 atom stereocenters. The van der Waals surface area contributed by atoms with Gasteiger partial charge in [0.2, 0.25) is 0 Å². The van der Waals surface area contributed by atoms with Gasteiger partial charge in [-0.3, -0.25) is 10.1 Å². The SMILES string of the molecule is O=[N+]([O-])c1cc(Br)[nH]c1Br. The number of nitrogens with one attached hydrogen (secondary N) is 1. The molecule has 0 amide bonds. The molecule has 1 rings (SSSR count). The Bertz CT molecular complexity index is 270. The quantitative estimate of drug-likeness (QED) is 0.629. The van der Waals surface area contributed by atoms with Crippen molar-refractivity contribution in [1.82, 2.24) is 4.98 Å². The van der Waals surface area contributed by atoms with Gasteiger partial charge in [0.25, 0.3) is 0 Å². The number of hydrogen-bond acceptors (Lipinski definition) is 2. The normalized spacial score (nSPS) is 9.80. The highest BCUT2D eigenvalue weighted by atomic mass is 79.9. The van der Waals surface area contributed by atoms with Crippen molar-refractivity contribution in [3.63, 3.8) is 0 Å². The Kier molecular flexibility index (Phi) is 2.10. The summed E-state index contributed by atoms with van der Waals surface area (Å²) in [6, 6.07) is 1.39. The van der Waals surface area contributed by atoms with Crippen LogP contribution in [0.5, 0.6) is 0 Å². The highest BCUT2D eigenvalue weighted by Crippen LogP contribution is 2.27. The van der Waals surface area contributed by atoms with Gasteiger partial charge in [0.05, 0.1) is 9.53 Å². The highest BCUT2D eigenvalue weighted by molar-refractivity contribution is 9.11. The summed E-state index contributed by atoms with van der Waals surface area (Å²) in [7, 11) is 0. The molecule has 1 heterocycles. The van der Waals surface area contributed by atoms with Crippen LogP contribution in [0.1, 0.15) is 0 Å². The molecule has 0 aromatic carbocycles. The molecule has 1 aromatic rings. The number of rotatable bonds is 1. The van der Waals surface area contributed by atoms with Gasteiger partial charge in [-0.15, -0.1) is 0 Å². The van der Waals surface area contributed by atoms with Crippen molar-refractivity contribution in [3.8, 4) is 0 Å². The van der Waals surface area contributed by atoms with Gasteiger partial charge in [-0.1, -0.05) is 0 Å². The fourth-order valence-corrected chi connectivity index (χ4v) is 1.68. The molecule has 6 heteroatoms. The van der Waals surface area contributed by atoms with E-state index in [1.165, 1.54) is 6.07 Å². The Morgan fingerprint density at radius 1 is 1.60 bits per heavy atom. The van der Waals surface area contributed by atoms with E-state index in [1.807, 2.05) is 0 Å². The van der Waals surface area contributed by atoms with Gasteiger partial charge in [-0.05, 0) is 31.9 Å². The van der Waals surface area contributed by atoms with Crippen LogP contribution in [0.3, 0.4) is 0 Å². The van der Waals surface area contributed by atoms with Gasteiger partial charge >= 0.3 is 5.69 Å². The highest BCUT2D eigenvalue weighted by Gasteiger charge is 2.13. The first-order chi connectivity index (χ1) is 4.61. The lowest BCUT2D eigenvalue weighted by atomic mass is 10.6. The lowest BCUT2D eigenvalue weighted by molar-refractivity contribution is -0.385. The predicted octanol–water partition coefficient (Wildman–Crippen LogP) is 2.45. The molecule has 4 nitrogen and oxygen atoms in total. The van der Waals surface area contributed by atoms with E-state index in [2.05, 4.69) is 36.8 Å². The van der Waals surface area contributed by atoms with Crippen molar-refractivity contribution in [1.29, 1.82) is 0 Å². The van der Waals surface area contributed by atoms with Crippen LogP contribution in [0.4, 0.5) is 5.69 Å². The van der Waals surface area contributed by atoms with Crippen LogP contribution in [0.2, 0.25) is 0 Å². The Balaban J connectivity index is 3.15. The fourth-order valence-electron chi connectivity index (χ4n) is 0.521. The van der Waals surface area contributed by atoms with E-state index >= 15 is 0 Å². The average molecular weight is 270 g/mol. The monoisotopic (exact) mass is 268 g/mol.